The van der Waals surface area contributed by atoms with E-state index in [0.717, 1.165) is 31.7 Å². The van der Waals surface area contributed by atoms with Gasteiger partial charge in [-0.25, -0.2) is 13.6 Å². The van der Waals surface area contributed by atoms with Crippen LogP contribution >= 0.6 is 0 Å². The van der Waals surface area contributed by atoms with Gasteiger partial charge in [0.25, 0.3) is 0 Å². The number of carbonyl (C=O) groups is 1. The first-order valence-electron chi connectivity index (χ1n) is 12.7. The highest BCUT2D eigenvalue weighted by Crippen LogP contribution is 2.32. The smallest absolute Gasteiger partial charge is 0.338 e. The first-order valence-corrected chi connectivity index (χ1v) is 12.7. The zero-order valence-corrected chi connectivity index (χ0v) is 21.1. The predicted octanol–water partition coefficient (Wildman–Crippen LogP) is 7.73. The van der Waals surface area contributed by atoms with Crippen LogP contribution in [0, 0.1) is 17.5 Å². The van der Waals surface area contributed by atoms with Gasteiger partial charge in [0.1, 0.15) is 11.9 Å². The summed E-state index contributed by atoms with van der Waals surface area (Å²) in [6, 6.07) is 13.4. The van der Waals surface area contributed by atoms with Gasteiger partial charge >= 0.3 is 5.97 Å². The van der Waals surface area contributed by atoms with Crippen LogP contribution in [0.3, 0.4) is 0 Å². The van der Waals surface area contributed by atoms with Crippen LogP contribution in [0.2, 0.25) is 0 Å². The van der Waals surface area contributed by atoms with Crippen molar-refractivity contribution in [3.8, 4) is 28.0 Å². The first kappa shape index (κ1) is 26.7. The lowest BCUT2D eigenvalue weighted by Gasteiger charge is -2.29. The van der Waals surface area contributed by atoms with Crippen LogP contribution in [0.5, 0.6) is 5.75 Å². The minimum absolute atomic E-state index is 0.0717. The molecule has 0 saturated carbocycles. The van der Waals surface area contributed by atoms with Crippen molar-refractivity contribution >= 4 is 5.97 Å². The maximum absolute atomic E-state index is 14.9. The highest BCUT2D eigenvalue weighted by Gasteiger charge is 2.25. The number of methoxy groups -OCH3 is 1. The number of esters is 1. The summed E-state index contributed by atoms with van der Waals surface area (Å²) in [6.45, 7) is 2.52. The Kier molecular flexibility index (Phi) is 8.87. The number of ether oxygens (including phenoxy) is 3. The summed E-state index contributed by atoms with van der Waals surface area (Å²) in [5.74, 6) is -3.43. The molecule has 0 amide bonds. The molecule has 37 heavy (non-hydrogen) atoms. The molecule has 3 aromatic rings. The summed E-state index contributed by atoms with van der Waals surface area (Å²) in [5.41, 5.74) is 1.44. The minimum Gasteiger partial charge on any atom is -0.494 e. The number of halogens is 3. The minimum atomic E-state index is -1.07. The van der Waals surface area contributed by atoms with Gasteiger partial charge in [0, 0.05) is 11.1 Å². The first-order chi connectivity index (χ1) is 17.9. The van der Waals surface area contributed by atoms with Gasteiger partial charge in [-0.2, -0.15) is 4.39 Å². The average Bonchev–Trinajstić information content (AvgIpc) is 2.91. The van der Waals surface area contributed by atoms with Gasteiger partial charge in [0.05, 0.1) is 25.4 Å². The Morgan fingerprint density at radius 3 is 2.24 bits per heavy atom. The van der Waals surface area contributed by atoms with Gasteiger partial charge in [-0.3, -0.25) is 0 Å². The molecule has 1 aliphatic rings. The number of hydrogen-bond donors (Lipinski definition) is 0. The Balaban J connectivity index is 1.39. The molecule has 1 aliphatic heterocycles. The SMILES string of the molecule is CCCCCC1CCC(OC(=O)c2ccc(-c3ccc(-c4ccc(OC)c(F)c4F)cc3)c(F)c2)CO1. The lowest BCUT2D eigenvalue weighted by atomic mass is 9.98. The maximum Gasteiger partial charge on any atom is 0.338 e. The molecule has 0 aliphatic carbocycles. The molecule has 0 spiro atoms. The van der Waals surface area contributed by atoms with Crippen molar-refractivity contribution in [3.05, 3.63) is 77.6 Å². The van der Waals surface area contributed by atoms with Crippen molar-refractivity contribution in [1.82, 2.24) is 0 Å². The van der Waals surface area contributed by atoms with Crippen LogP contribution in [-0.2, 0) is 9.47 Å². The molecular weight excluding hydrogens is 481 g/mol. The molecule has 0 radical (unpaired) electrons. The Hall–Kier alpha value is -3.32. The van der Waals surface area contributed by atoms with Crippen LogP contribution in [0.4, 0.5) is 13.2 Å². The van der Waals surface area contributed by atoms with Crippen molar-refractivity contribution in [2.24, 2.45) is 0 Å². The second-order valence-electron chi connectivity index (χ2n) is 9.27. The summed E-state index contributed by atoms with van der Waals surface area (Å²) in [4.78, 5) is 12.6. The molecule has 7 heteroatoms. The number of hydrogen-bond acceptors (Lipinski definition) is 4. The van der Waals surface area contributed by atoms with E-state index in [1.807, 2.05) is 0 Å². The summed E-state index contributed by atoms with van der Waals surface area (Å²) in [6.07, 6.45) is 5.96. The van der Waals surface area contributed by atoms with E-state index in [9.17, 15) is 18.0 Å². The molecule has 1 saturated heterocycles. The highest BCUT2D eigenvalue weighted by atomic mass is 19.2. The number of carbonyl (C=O) groups excluding carboxylic acids is 1. The van der Waals surface area contributed by atoms with E-state index in [1.165, 1.54) is 44.2 Å². The lowest BCUT2D eigenvalue weighted by Crippen LogP contribution is -2.33. The van der Waals surface area contributed by atoms with E-state index in [4.69, 9.17) is 14.2 Å². The van der Waals surface area contributed by atoms with Crippen molar-refractivity contribution in [3.63, 3.8) is 0 Å². The molecule has 0 N–H and O–H groups in total. The van der Waals surface area contributed by atoms with Gasteiger partial charge in [0.15, 0.2) is 11.6 Å². The quantitative estimate of drug-likeness (QED) is 0.217. The summed E-state index contributed by atoms with van der Waals surface area (Å²) in [5, 5.41) is 0. The summed E-state index contributed by atoms with van der Waals surface area (Å²) in [7, 11) is 1.26. The van der Waals surface area contributed by atoms with Gasteiger partial charge in [-0.15, -0.1) is 0 Å². The fraction of sp³-hybridized carbons (Fsp3) is 0.367. The van der Waals surface area contributed by atoms with Crippen molar-refractivity contribution < 1.29 is 32.2 Å². The third-order valence-corrected chi connectivity index (χ3v) is 6.71. The second kappa shape index (κ2) is 12.3. The van der Waals surface area contributed by atoms with Gasteiger partial charge in [-0.1, -0.05) is 56.5 Å². The number of unbranched alkanes of at least 4 members (excludes halogenated alkanes) is 2. The molecule has 0 bridgehead atoms. The number of rotatable bonds is 9. The third kappa shape index (κ3) is 6.34. The molecule has 0 aromatic heterocycles. The van der Waals surface area contributed by atoms with E-state index >= 15 is 0 Å². The van der Waals surface area contributed by atoms with Crippen LogP contribution < -0.4 is 4.74 Å². The normalized spacial score (nSPS) is 17.4. The molecule has 4 nitrogen and oxygen atoms in total. The highest BCUT2D eigenvalue weighted by molar-refractivity contribution is 5.90. The zero-order valence-electron chi connectivity index (χ0n) is 21.1. The van der Waals surface area contributed by atoms with Crippen molar-refractivity contribution in [1.29, 1.82) is 0 Å². The van der Waals surface area contributed by atoms with E-state index in [-0.39, 0.29) is 34.6 Å². The van der Waals surface area contributed by atoms with Gasteiger partial charge in [0.2, 0.25) is 5.82 Å². The molecule has 2 atom stereocenters. The van der Waals surface area contributed by atoms with Crippen LogP contribution in [-0.4, -0.2) is 31.9 Å². The lowest BCUT2D eigenvalue weighted by molar-refractivity contribution is -0.0692. The molecule has 196 valence electrons. The molecular formula is C30H31F3O4. The topological polar surface area (TPSA) is 44.8 Å². The fourth-order valence-electron chi connectivity index (χ4n) is 4.56. The molecule has 1 heterocycles. The second-order valence-corrected chi connectivity index (χ2v) is 9.27. The van der Waals surface area contributed by atoms with Crippen molar-refractivity contribution in [2.45, 2.75) is 57.7 Å². The fourth-order valence-corrected chi connectivity index (χ4v) is 4.56. The maximum atomic E-state index is 14.9. The van der Waals surface area contributed by atoms with E-state index in [1.54, 1.807) is 24.3 Å². The van der Waals surface area contributed by atoms with Crippen LogP contribution in [0.25, 0.3) is 22.3 Å². The van der Waals surface area contributed by atoms with Gasteiger partial charge in [-0.05, 0) is 54.7 Å². The summed E-state index contributed by atoms with van der Waals surface area (Å²) >= 11 is 0. The van der Waals surface area contributed by atoms with Gasteiger partial charge < -0.3 is 14.2 Å². The predicted molar refractivity (Wildman–Crippen MR) is 136 cm³/mol. The number of benzene rings is 3. The Bertz CT molecular complexity index is 1220. The van der Waals surface area contributed by atoms with Crippen LogP contribution in [0.15, 0.2) is 54.6 Å². The molecule has 4 rings (SSSR count). The van der Waals surface area contributed by atoms with E-state index in [2.05, 4.69) is 6.92 Å². The standard InChI is InChI=1S/C30H31F3O4/c1-3-4-5-6-22-12-13-23(18-36-22)37-30(34)21-11-14-24(26(31)17-21)19-7-9-20(10-8-19)25-15-16-27(35-2)29(33)28(25)32/h7-11,14-17,22-23H,3-6,12-13,18H2,1-2H3. The Morgan fingerprint density at radius 2 is 1.62 bits per heavy atom. The Labute approximate surface area is 215 Å². The molecule has 3 aromatic carbocycles. The van der Waals surface area contributed by atoms with Crippen molar-refractivity contribution in [2.75, 3.05) is 13.7 Å². The molecule has 2 unspecified atom stereocenters. The molecule has 1 fully saturated rings. The van der Waals surface area contributed by atoms with E-state index < -0.39 is 23.4 Å². The van der Waals surface area contributed by atoms with E-state index in [0.29, 0.717) is 17.7 Å². The summed E-state index contributed by atoms with van der Waals surface area (Å²) < 4.78 is 59.6. The monoisotopic (exact) mass is 512 g/mol. The Morgan fingerprint density at radius 1 is 0.919 bits per heavy atom. The third-order valence-electron chi connectivity index (χ3n) is 6.71. The van der Waals surface area contributed by atoms with Crippen LogP contribution in [0.1, 0.15) is 55.8 Å². The zero-order chi connectivity index (χ0) is 26.4. The largest absolute Gasteiger partial charge is 0.494 e. The average molecular weight is 513 g/mol.